The number of rotatable bonds is 6. The molecule has 13 heteroatoms. The number of anilines is 1. The van der Waals surface area contributed by atoms with Crippen LogP contribution in [0.1, 0.15) is 0 Å². The van der Waals surface area contributed by atoms with Gasteiger partial charge in [-0.05, 0) is 0 Å². The zero-order valence-corrected chi connectivity index (χ0v) is 15.4. The highest BCUT2D eigenvalue weighted by Gasteiger charge is 2.09. The van der Waals surface area contributed by atoms with Crippen LogP contribution in [0.15, 0.2) is 11.1 Å². The Morgan fingerprint density at radius 2 is 2.08 bits per heavy atom. The normalized spacial score (nSPS) is 12.6. The molecule has 0 saturated carbocycles. The molecule has 0 bridgehead atoms. The van der Waals surface area contributed by atoms with E-state index in [-0.39, 0.29) is 24.2 Å². The summed E-state index contributed by atoms with van der Waals surface area (Å²) in [7, 11) is 3.90. The number of hydrogen-bond donors (Lipinski definition) is 5. The molecule has 0 aliphatic carbocycles. The molecule has 2 rings (SSSR count). The minimum atomic E-state index is -1.76. The quantitative estimate of drug-likeness (QED) is 0.377. The van der Waals surface area contributed by atoms with Gasteiger partial charge in [0.2, 0.25) is 5.95 Å². The molecule has 2 aromatic rings. The molecule has 2 unspecified atom stereocenters. The van der Waals surface area contributed by atoms with Crippen molar-refractivity contribution in [3.8, 4) is 0 Å². The molecule has 12 nitrogen and oxygen atoms in total. The Labute approximate surface area is 145 Å². The third kappa shape index (κ3) is 7.84. The van der Waals surface area contributed by atoms with Gasteiger partial charge in [0.15, 0.2) is 11.2 Å². The number of hydrogen-bond acceptors (Lipinski definition) is 10. The van der Waals surface area contributed by atoms with Crippen LogP contribution < -0.4 is 17.0 Å². The lowest BCUT2D eigenvalue weighted by Gasteiger charge is -2.14. The van der Waals surface area contributed by atoms with Crippen LogP contribution in [-0.4, -0.2) is 70.1 Å². The lowest BCUT2D eigenvalue weighted by Crippen LogP contribution is -2.26. The van der Waals surface area contributed by atoms with Crippen LogP contribution in [0.25, 0.3) is 11.2 Å². The highest BCUT2D eigenvalue weighted by Crippen LogP contribution is 2.30. The van der Waals surface area contributed by atoms with Gasteiger partial charge in [0.1, 0.15) is 0 Å². The van der Waals surface area contributed by atoms with Gasteiger partial charge in [-0.25, -0.2) is 4.98 Å². The average Bonchev–Trinajstić information content (AvgIpc) is 2.99. The van der Waals surface area contributed by atoms with Crippen molar-refractivity contribution < 1.29 is 23.8 Å². The number of nitrogens with two attached hydrogens (primary N) is 2. The molecule has 2 atom stereocenters. The van der Waals surface area contributed by atoms with Gasteiger partial charge in [-0.1, -0.05) is 0 Å². The average molecular weight is 380 g/mol. The number of aromatic nitrogens is 4. The number of imidazole rings is 1. The maximum Gasteiger partial charge on any atom is 0.329 e. The number of aryl methyl sites for hydroxylation is 1. The highest BCUT2D eigenvalue weighted by atomic mass is 31.2. The van der Waals surface area contributed by atoms with Gasteiger partial charge in [0, 0.05) is 34.9 Å². The fraction of sp³-hybridized carbons (Fsp3) is 0.583. The zero-order chi connectivity index (χ0) is 19.4. The Kier molecular flexibility index (Phi) is 11.8. The van der Waals surface area contributed by atoms with E-state index in [0.717, 1.165) is 7.11 Å². The van der Waals surface area contributed by atoms with Gasteiger partial charge in [0.05, 0.1) is 19.0 Å². The third-order valence-corrected chi connectivity index (χ3v) is 3.39. The number of nitrogens with one attached hydrogen (secondary N) is 1. The molecule has 0 fully saturated rings. The minimum absolute atomic E-state index is 0.108. The summed E-state index contributed by atoms with van der Waals surface area (Å²) >= 11 is 0. The topological polar surface area (TPSA) is 184 Å². The second-order valence-corrected chi connectivity index (χ2v) is 5.39. The molecule has 0 spiro atoms. The molecule has 25 heavy (non-hydrogen) atoms. The number of nitrogen functional groups attached to an aromatic ring is 1. The summed E-state index contributed by atoms with van der Waals surface area (Å²) in [6, 6.07) is 0. The van der Waals surface area contributed by atoms with Gasteiger partial charge in [-0.3, -0.25) is 9.78 Å². The first-order chi connectivity index (χ1) is 11.9. The minimum Gasteiger partial charge on any atom is -0.400 e. The Hall–Kier alpha value is -1.66. The number of fused-ring (bicyclic) bond motifs is 1. The summed E-state index contributed by atoms with van der Waals surface area (Å²) in [4.78, 5) is 30.1. The summed E-state index contributed by atoms with van der Waals surface area (Å²) < 4.78 is 15.8. The molecule has 0 aliphatic heterocycles. The maximum atomic E-state index is 11.2. The van der Waals surface area contributed by atoms with Crippen molar-refractivity contribution >= 4 is 25.7 Å². The zero-order valence-electron chi connectivity index (χ0n) is 14.5. The van der Waals surface area contributed by atoms with Crippen LogP contribution in [0.5, 0.6) is 0 Å². The number of aromatic amines is 1. The molecule has 0 aliphatic rings. The number of methoxy groups -OCH3 is 1. The van der Waals surface area contributed by atoms with Crippen molar-refractivity contribution in [2.75, 3.05) is 40.2 Å². The summed E-state index contributed by atoms with van der Waals surface area (Å²) in [6.45, 7) is 0.617. The van der Waals surface area contributed by atoms with Crippen LogP contribution in [0.3, 0.4) is 0 Å². The van der Waals surface area contributed by atoms with E-state index < -0.39 is 8.60 Å². The smallest absolute Gasteiger partial charge is 0.329 e. The van der Waals surface area contributed by atoms with Crippen molar-refractivity contribution in [1.82, 2.24) is 19.5 Å². The van der Waals surface area contributed by atoms with Crippen LogP contribution >= 0.6 is 8.60 Å². The third-order valence-electron chi connectivity index (χ3n) is 2.71. The SMILES string of the molecule is CO.COC(CN)COP(O)OC.Cn1cnc2c(=O)[nH]c(N)nc21. The van der Waals surface area contributed by atoms with Crippen LogP contribution in [0, 0.1) is 0 Å². The largest absolute Gasteiger partial charge is 0.400 e. The van der Waals surface area contributed by atoms with Gasteiger partial charge in [-0.15, -0.1) is 0 Å². The van der Waals surface area contributed by atoms with Crippen LogP contribution in [0.4, 0.5) is 5.95 Å². The Balaban J connectivity index is 0.000000422. The van der Waals surface area contributed by atoms with Crippen molar-refractivity contribution in [2.24, 2.45) is 12.8 Å². The van der Waals surface area contributed by atoms with Crippen molar-refractivity contribution in [2.45, 2.75) is 6.10 Å². The molecule has 0 amide bonds. The van der Waals surface area contributed by atoms with E-state index in [2.05, 4.69) is 19.5 Å². The number of nitrogens with zero attached hydrogens (tertiary/aromatic N) is 3. The molecule has 2 aromatic heterocycles. The summed E-state index contributed by atoms with van der Waals surface area (Å²) in [5.41, 5.74) is 11.1. The first-order valence-electron chi connectivity index (χ1n) is 6.93. The number of aliphatic hydroxyl groups is 1. The molecular weight excluding hydrogens is 355 g/mol. The van der Waals surface area contributed by atoms with Gasteiger partial charge in [-0.2, -0.15) is 4.98 Å². The molecule has 7 N–H and O–H groups in total. The lowest BCUT2D eigenvalue weighted by atomic mass is 10.4. The van der Waals surface area contributed by atoms with E-state index in [4.69, 9.17) is 30.7 Å². The summed E-state index contributed by atoms with van der Waals surface area (Å²) in [5.74, 6) is 0.108. The molecule has 0 aromatic carbocycles. The summed E-state index contributed by atoms with van der Waals surface area (Å²) in [5, 5.41) is 7.00. The molecule has 0 radical (unpaired) electrons. The van der Waals surface area contributed by atoms with Crippen molar-refractivity contribution in [3.63, 3.8) is 0 Å². The maximum absolute atomic E-state index is 11.2. The molecule has 0 saturated heterocycles. The Morgan fingerprint density at radius 1 is 1.44 bits per heavy atom. The monoisotopic (exact) mass is 380 g/mol. The van der Waals surface area contributed by atoms with E-state index in [9.17, 15) is 4.79 Å². The highest BCUT2D eigenvalue weighted by molar-refractivity contribution is 7.40. The number of aliphatic hydroxyl groups excluding tert-OH is 1. The lowest BCUT2D eigenvalue weighted by molar-refractivity contribution is 0.0576. The van der Waals surface area contributed by atoms with E-state index >= 15 is 0 Å². The Morgan fingerprint density at radius 3 is 2.60 bits per heavy atom. The number of H-pyrrole nitrogens is 1. The van der Waals surface area contributed by atoms with Crippen LogP contribution in [0.2, 0.25) is 0 Å². The predicted octanol–water partition coefficient (Wildman–Crippen LogP) is -1.31. The standard InChI is InChI=1S/C6H7N5O.C5H14NO4P.CH4O/c1-11-2-8-3-4(11)9-6(7)10-5(3)12;1-8-5(3-6)4-10-11(7)9-2;1-2/h2H,1H3,(H3,7,9,10,12);5,7H,3-4,6H2,1-2H3;2H,1H3. The van der Waals surface area contributed by atoms with Gasteiger partial charge < -0.3 is 39.8 Å². The van der Waals surface area contributed by atoms with E-state index in [1.165, 1.54) is 20.5 Å². The van der Waals surface area contributed by atoms with Crippen molar-refractivity contribution in [3.05, 3.63) is 16.7 Å². The summed E-state index contributed by atoms with van der Waals surface area (Å²) in [6.07, 6.45) is 1.34. The van der Waals surface area contributed by atoms with Gasteiger partial charge >= 0.3 is 8.60 Å². The second-order valence-electron chi connectivity index (χ2n) is 4.29. The fourth-order valence-corrected chi connectivity index (χ4v) is 1.86. The molecule has 144 valence electrons. The van der Waals surface area contributed by atoms with E-state index in [0.29, 0.717) is 17.7 Å². The fourth-order valence-electron chi connectivity index (χ4n) is 1.47. The Bertz CT molecular complexity index is 661. The van der Waals surface area contributed by atoms with Crippen LogP contribution in [-0.2, 0) is 20.8 Å². The predicted molar refractivity (Wildman–Crippen MR) is 93.6 cm³/mol. The number of ether oxygens (including phenoxy) is 1. The van der Waals surface area contributed by atoms with E-state index in [1.54, 1.807) is 11.6 Å². The van der Waals surface area contributed by atoms with Gasteiger partial charge in [0.25, 0.3) is 5.56 Å². The first-order valence-corrected chi connectivity index (χ1v) is 8.06. The first kappa shape index (κ1) is 23.3. The molecule has 2 heterocycles. The molecular formula is C12H25N6O6P. The second kappa shape index (κ2) is 12.7. The van der Waals surface area contributed by atoms with E-state index in [1.807, 2.05) is 0 Å². The van der Waals surface area contributed by atoms with Crippen molar-refractivity contribution in [1.29, 1.82) is 0 Å².